The predicted molar refractivity (Wildman–Crippen MR) is 99.6 cm³/mol. The van der Waals surface area contributed by atoms with Gasteiger partial charge in [0, 0.05) is 36.4 Å². The van der Waals surface area contributed by atoms with E-state index in [4.69, 9.17) is 0 Å². The molecule has 0 aromatic heterocycles. The molecule has 6 heteroatoms. The zero-order valence-corrected chi connectivity index (χ0v) is 14.9. The number of rotatable bonds is 5. The molecule has 2 N–H and O–H groups in total. The number of hydrogen-bond acceptors (Lipinski definition) is 3. The van der Waals surface area contributed by atoms with Crippen LogP contribution in [-0.2, 0) is 16.0 Å². The van der Waals surface area contributed by atoms with Crippen molar-refractivity contribution >= 4 is 23.2 Å². The van der Waals surface area contributed by atoms with Gasteiger partial charge in [-0.25, -0.2) is 4.39 Å². The lowest BCUT2D eigenvalue weighted by molar-refractivity contribution is -0.116. The molecular formula is C20H22FN3O2. The van der Waals surface area contributed by atoms with E-state index in [2.05, 4.69) is 10.6 Å². The van der Waals surface area contributed by atoms with Gasteiger partial charge < -0.3 is 15.5 Å². The third-order valence-electron chi connectivity index (χ3n) is 4.58. The summed E-state index contributed by atoms with van der Waals surface area (Å²) in [5.41, 5.74) is 3.18. The normalized spacial score (nSPS) is 14.0. The van der Waals surface area contributed by atoms with Crippen LogP contribution in [0.25, 0.3) is 0 Å². The maximum absolute atomic E-state index is 13.8. The predicted octanol–water partition coefficient (Wildman–Crippen LogP) is 3.02. The van der Waals surface area contributed by atoms with Crippen molar-refractivity contribution in [2.75, 3.05) is 23.3 Å². The summed E-state index contributed by atoms with van der Waals surface area (Å²) in [5.74, 6) is -0.469. The van der Waals surface area contributed by atoms with E-state index in [0.717, 1.165) is 17.7 Å². The fraction of sp³-hybridized carbons (Fsp3) is 0.300. The lowest BCUT2D eigenvalue weighted by Gasteiger charge is -2.16. The summed E-state index contributed by atoms with van der Waals surface area (Å²) in [7, 11) is 0. The van der Waals surface area contributed by atoms with E-state index in [1.165, 1.54) is 6.07 Å². The first kappa shape index (κ1) is 18.1. The van der Waals surface area contributed by atoms with E-state index in [0.29, 0.717) is 17.8 Å². The van der Waals surface area contributed by atoms with Crippen molar-refractivity contribution in [1.29, 1.82) is 0 Å². The Labute approximate surface area is 152 Å². The number of fused-ring (bicyclic) bond motifs is 1. The smallest absolute Gasteiger partial charge is 0.238 e. The van der Waals surface area contributed by atoms with Gasteiger partial charge >= 0.3 is 0 Å². The fourth-order valence-electron chi connectivity index (χ4n) is 3.19. The number of nitrogens with zero attached hydrogens (tertiary/aromatic N) is 1. The Balaban J connectivity index is 1.57. The van der Waals surface area contributed by atoms with Crippen LogP contribution in [0, 0.1) is 5.82 Å². The van der Waals surface area contributed by atoms with Crippen molar-refractivity contribution in [2.24, 2.45) is 0 Å². The number of hydrogen-bond donors (Lipinski definition) is 2. The van der Waals surface area contributed by atoms with Crippen LogP contribution in [0.4, 0.5) is 15.8 Å². The highest BCUT2D eigenvalue weighted by atomic mass is 19.1. The minimum Gasteiger partial charge on any atom is -0.325 e. The van der Waals surface area contributed by atoms with Gasteiger partial charge in [-0.1, -0.05) is 18.2 Å². The Morgan fingerprint density at radius 2 is 2.00 bits per heavy atom. The van der Waals surface area contributed by atoms with Crippen molar-refractivity contribution in [2.45, 2.75) is 26.3 Å². The van der Waals surface area contributed by atoms with Crippen LogP contribution in [0.5, 0.6) is 0 Å². The summed E-state index contributed by atoms with van der Waals surface area (Å²) in [6.45, 7) is 4.11. The molecule has 2 aromatic rings. The van der Waals surface area contributed by atoms with Gasteiger partial charge in [0.25, 0.3) is 0 Å². The average Bonchev–Trinajstić information content (AvgIpc) is 3.03. The summed E-state index contributed by atoms with van der Waals surface area (Å²) >= 11 is 0. The van der Waals surface area contributed by atoms with Crippen LogP contribution < -0.4 is 15.5 Å². The number of halogens is 1. The van der Waals surface area contributed by atoms with Crippen LogP contribution in [-0.4, -0.2) is 24.9 Å². The molecule has 0 saturated carbocycles. The second-order valence-electron chi connectivity index (χ2n) is 6.44. The average molecular weight is 355 g/mol. The Kier molecular flexibility index (Phi) is 5.32. The minimum absolute atomic E-state index is 0.0202. The van der Waals surface area contributed by atoms with Gasteiger partial charge in [-0.3, -0.25) is 9.59 Å². The van der Waals surface area contributed by atoms with Gasteiger partial charge in [-0.2, -0.15) is 0 Å². The number of carbonyl (C=O) groups excluding carboxylic acids is 2. The van der Waals surface area contributed by atoms with Crippen LogP contribution in [0.15, 0.2) is 42.5 Å². The summed E-state index contributed by atoms with van der Waals surface area (Å²) in [6, 6.07) is 11.8. The molecule has 1 aliphatic heterocycles. The standard InChI is InChI=1S/C20H22FN3O2/c1-13(17-5-3-4-6-18(17)21)22-12-20(26)23-16-7-8-19-15(11-16)9-10-24(19)14(2)25/h3-8,11,13,22H,9-10,12H2,1-2H3,(H,23,26). The fourth-order valence-corrected chi connectivity index (χ4v) is 3.19. The first-order valence-corrected chi connectivity index (χ1v) is 8.64. The van der Waals surface area contributed by atoms with Crippen LogP contribution >= 0.6 is 0 Å². The quantitative estimate of drug-likeness (QED) is 0.867. The molecule has 2 aromatic carbocycles. The molecular weight excluding hydrogens is 333 g/mol. The molecule has 1 atom stereocenters. The highest BCUT2D eigenvalue weighted by molar-refractivity contribution is 5.96. The summed E-state index contributed by atoms with van der Waals surface area (Å²) in [4.78, 5) is 25.5. The molecule has 2 amide bonds. The Morgan fingerprint density at radius 3 is 2.73 bits per heavy atom. The number of nitrogens with one attached hydrogen (secondary N) is 2. The number of anilines is 2. The third-order valence-corrected chi connectivity index (χ3v) is 4.58. The number of amides is 2. The van der Waals surface area contributed by atoms with Gasteiger partial charge in [-0.05, 0) is 43.2 Å². The highest BCUT2D eigenvalue weighted by Gasteiger charge is 2.22. The highest BCUT2D eigenvalue weighted by Crippen LogP contribution is 2.30. The third kappa shape index (κ3) is 3.91. The molecule has 26 heavy (non-hydrogen) atoms. The largest absolute Gasteiger partial charge is 0.325 e. The topological polar surface area (TPSA) is 61.4 Å². The van der Waals surface area contributed by atoms with Crippen LogP contribution in [0.3, 0.4) is 0 Å². The lowest BCUT2D eigenvalue weighted by atomic mass is 10.1. The molecule has 0 fully saturated rings. The maximum Gasteiger partial charge on any atom is 0.238 e. The van der Waals surface area contributed by atoms with Crippen molar-refractivity contribution in [3.63, 3.8) is 0 Å². The molecule has 0 radical (unpaired) electrons. The molecule has 0 saturated heterocycles. The maximum atomic E-state index is 13.8. The van der Waals surface area contributed by atoms with Crippen molar-refractivity contribution in [3.8, 4) is 0 Å². The molecule has 1 heterocycles. The van der Waals surface area contributed by atoms with E-state index in [9.17, 15) is 14.0 Å². The second-order valence-corrected chi connectivity index (χ2v) is 6.44. The summed E-state index contributed by atoms with van der Waals surface area (Å²) < 4.78 is 13.8. The summed E-state index contributed by atoms with van der Waals surface area (Å²) in [5, 5.41) is 5.87. The zero-order chi connectivity index (χ0) is 18.7. The van der Waals surface area contributed by atoms with Crippen LogP contribution in [0.1, 0.15) is 31.0 Å². The van der Waals surface area contributed by atoms with Gasteiger partial charge in [0.15, 0.2) is 0 Å². The van der Waals surface area contributed by atoms with E-state index in [1.54, 1.807) is 36.1 Å². The van der Waals surface area contributed by atoms with Crippen molar-refractivity contribution < 1.29 is 14.0 Å². The molecule has 136 valence electrons. The lowest BCUT2D eigenvalue weighted by Crippen LogP contribution is -2.30. The molecule has 0 aliphatic carbocycles. The van der Waals surface area contributed by atoms with Crippen molar-refractivity contribution in [3.05, 3.63) is 59.4 Å². The second kappa shape index (κ2) is 7.66. The van der Waals surface area contributed by atoms with E-state index in [1.807, 2.05) is 19.1 Å². The first-order valence-electron chi connectivity index (χ1n) is 8.64. The van der Waals surface area contributed by atoms with Gasteiger partial charge in [-0.15, -0.1) is 0 Å². The summed E-state index contributed by atoms with van der Waals surface area (Å²) in [6.07, 6.45) is 0.779. The number of carbonyl (C=O) groups is 2. The minimum atomic E-state index is -0.290. The Bertz CT molecular complexity index is 838. The SMILES string of the molecule is CC(=O)N1CCc2cc(NC(=O)CNC(C)c3ccccc3F)ccc21. The molecule has 5 nitrogen and oxygen atoms in total. The van der Waals surface area contributed by atoms with Gasteiger partial charge in [0.05, 0.1) is 6.54 Å². The van der Waals surface area contributed by atoms with Crippen LogP contribution in [0.2, 0.25) is 0 Å². The zero-order valence-electron chi connectivity index (χ0n) is 14.9. The molecule has 0 spiro atoms. The molecule has 1 unspecified atom stereocenters. The van der Waals surface area contributed by atoms with E-state index >= 15 is 0 Å². The molecule has 3 rings (SSSR count). The van der Waals surface area contributed by atoms with Gasteiger partial charge in [0.1, 0.15) is 5.82 Å². The van der Waals surface area contributed by atoms with Crippen molar-refractivity contribution in [1.82, 2.24) is 5.32 Å². The van der Waals surface area contributed by atoms with E-state index < -0.39 is 0 Å². The molecule has 1 aliphatic rings. The first-order chi connectivity index (χ1) is 12.5. The molecule has 0 bridgehead atoms. The Morgan fingerprint density at radius 1 is 1.23 bits per heavy atom. The van der Waals surface area contributed by atoms with E-state index in [-0.39, 0.29) is 30.2 Å². The Hall–Kier alpha value is -2.73. The monoisotopic (exact) mass is 355 g/mol. The van der Waals surface area contributed by atoms with Gasteiger partial charge in [0.2, 0.25) is 11.8 Å². The number of benzene rings is 2.